The van der Waals surface area contributed by atoms with E-state index in [1.165, 1.54) is 14.2 Å². The first-order valence-corrected chi connectivity index (χ1v) is 6.93. The third-order valence-electron chi connectivity index (χ3n) is 3.46. The quantitative estimate of drug-likeness (QED) is 0.922. The molecule has 2 aromatic rings. The molecule has 0 saturated carbocycles. The van der Waals surface area contributed by atoms with E-state index in [1.54, 1.807) is 30.6 Å². The molecule has 0 aliphatic heterocycles. The van der Waals surface area contributed by atoms with Gasteiger partial charge >= 0.3 is 0 Å². The predicted octanol–water partition coefficient (Wildman–Crippen LogP) is 2.76. The third-order valence-corrected chi connectivity index (χ3v) is 3.46. The molecule has 0 saturated heterocycles. The maximum Gasteiger partial charge on any atom is 0.259 e. The number of amides is 1. The van der Waals surface area contributed by atoms with Gasteiger partial charge in [-0.1, -0.05) is 12.1 Å². The number of methoxy groups -OCH3 is 2. The van der Waals surface area contributed by atoms with Crippen LogP contribution < -0.4 is 14.8 Å². The molecule has 0 unspecified atom stereocenters. The highest BCUT2D eigenvalue weighted by Gasteiger charge is 2.27. The monoisotopic (exact) mass is 300 g/mol. The number of carbonyl (C=O) groups is 1. The van der Waals surface area contributed by atoms with Crippen LogP contribution >= 0.6 is 0 Å². The van der Waals surface area contributed by atoms with Crippen LogP contribution in [0.25, 0.3) is 0 Å². The number of pyridine rings is 1. The molecule has 1 amide bonds. The van der Waals surface area contributed by atoms with Gasteiger partial charge in [-0.05, 0) is 37.6 Å². The third kappa shape index (κ3) is 3.19. The highest BCUT2D eigenvalue weighted by atomic mass is 16.5. The van der Waals surface area contributed by atoms with Crippen molar-refractivity contribution >= 4 is 5.91 Å². The average Bonchev–Trinajstić information content (AvgIpc) is 2.54. The van der Waals surface area contributed by atoms with Crippen molar-refractivity contribution in [1.82, 2.24) is 10.3 Å². The van der Waals surface area contributed by atoms with Gasteiger partial charge in [0.2, 0.25) is 0 Å². The van der Waals surface area contributed by atoms with Crippen molar-refractivity contribution < 1.29 is 14.3 Å². The first kappa shape index (κ1) is 15.8. The molecule has 0 spiro atoms. The first-order valence-electron chi connectivity index (χ1n) is 6.93. The first-order chi connectivity index (χ1) is 10.5. The number of aromatic nitrogens is 1. The number of hydrogen-bond acceptors (Lipinski definition) is 4. The predicted molar refractivity (Wildman–Crippen MR) is 84.3 cm³/mol. The minimum atomic E-state index is -0.572. The van der Waals surface area contributed by atoms with Crippen LogP contribution in [0.5, 0.6) is 11.5 Å². The Kier molecular flexibility index (Phi) is 4.65. The second-order valence-electron chi connectivity index (χ2n) is 5.36. The summed E-state index contributed by atoms with van der Waals surface area (Å²) < 4.78 is 10.6. The summed E-state index contributed by atoms with van der Waals surface area (Å²) in [5.41, 5.74) is 0.721. The molecule has 5 heteroatoms. The van der Waals surface area contributed by atoms with Crippen molar-refractivity contribution in [3.63, 3.8) is 0 Å². The van der Waals surface area contributed by atoms with Gasteiger partial charge in [0.05, 0.1) is 19.8 Å². The lowest BCUT2D eigenvalue weighted by Gasteiger charge is -2.27. The Bertz CT molecular complexity index is 632. The Morgan fingerprint density at radius 3 is 2.23 bits per heavy atom. The van der Waals surface area contributed by atoms with Crippen molar-refractivity contribution in [1.29, 1.82) is 0 Å². The Morgan fingerprint density at radius 2 is 1.73 bits per heavy atom. The highest BCUT2D eigenvalue weighted by molar-refractivity contribution is 6.00. The molecule has 1 N–H and O–H groups in total. The fourth-order valence-corrected chi connectivity index (χ4v) is 2.23. The molecule has 5 nitrogen and oxygen atoms in total. The smallest absolute Gasteiger partial charge is 0.259 e. The molecular weight excluding hydrogens is 280 g/mol. The van der Waals surface area contributed by atoms with E-state index in [2.05, 4.69) is 10.3 Å². The van der Waals surface area contributed by atoms with Gasteiger partial charge in [0.15, 0.2) is 0 Å². The molecular formula is C17H20N2O3. The average molecular weight is 300 g/mol. The van der Waals surface area contributed by atoms with E-state index in [1.807, 2.05) is 26.0 Å². The lowest BCUT2D eigenvalue weighted by atomic mass is 9.95. The van der Waals surface area contributed by atoms with E-state index in [0.29, 0.717) is 17.1 Å². The van der Waals surface area contributed by atoms with Crippen LogP contribution in [0.15, 0.2) is 42.7 Å². The second kappa shape index (κ2) is 6.47. The lowest BCUT2D eigenvalue weighted by molar-refractivity contribution is 0.0905. The van der Waals surface area contributed by atoms with Crippen molar-refractivity contribution in [3.05, 3.63) is 53.9 Å². The molecule has 0 aliphatic rings. The zero-order valence-electron chi connectivity index (χ0n) is 13.2. The summed E-state index contributed by atoms with van der Waals surface area (Å²) in [7, 11) is 3.05. The minimum Gasteiger partial charge on any atom is -0.496 e. The van der Waals surface area contributed by atoms with Gasteiger partial charge in [0.1, 0.15) is 17.1 Å². The topological polar surface area (TPSA) is 60.5 Å². The maximum atomic E-state index is 12.7. The Labute approximate surface area is 130 Å². The molecule has 0 aliphatic carbocycles. The Hall–Kier alpha value is -2.56. The summed E-state index contributed by atoms with van der Waals surface area (Å²) in [5, 5.41) is 3.00. The summed E-state index contributed by atoms with van der Waals surface area (Å²) in [6, 6.07) is 9.00. The summed E-state index contributed by atoms with van der Waals surface area (Å²) in [4.78, 5) is 16.8. The molecule has 2 rings (SSSR count). The zero-order valence-corrected chi connectivity index (χ0v) is 13.2. The van der Waals surface area contributed by atoms with Gasteiger partial charge in [-0.2, -0.15) is 0 Å². The van der Waals surface area contributed by atoms with Crippen LogP contribution in [-0.4, -0.2) is 25.1 Å². The number of rotatable bonds is 5. The summed E-state index contributed by atoms with van der Waals surface area (Å²) in [6.45, 7) is 3.84. The molecule has 116 valence electrons. The normalized spacial score (nSPS) is 10.9. The van der Waals surface area contributed by atoms with Gasteiger partial charge in [-0.3, -0.25) is 9.78 Å². The number of hydrogen-bond donors (Lipinski definition) is 1. The molecule has 1 heterocycles. The van der Waals surface area contributed by atoms with Crippen molar-refractivity contribution in [2.24, 2.45) is 0 Å². The lowest BCUT2D eigenvalue weighted by Crippen LogP contribution is -2.41. The zero-order chi connectivity index (χ0) is 16.2. The highest BCUT2D eigenvalue weighted by Crippen LogP contribution is 2.29. The SMILES string of the molecule is COc1cccc(OC)c1C(=O)NC(C)(C)c1cccnc1. The number of benzene rings is 1. The van der Waals surface area contributed by atoms with Crippen LogP contribution in [0.4, 0.5) is 0 Å². The minimum absolute atomic E-state index is 0.261. The van der Waals surface area contributed by atoms with E-state index < -0.39 is 5.54 Å². The van der Waals surface area contributed by atoms with Crippen molar-refractivity contribution in [3.8, 4) is 11.5 Å². The number of carbonyl (C=O) groups excluding carboxylic acids is 1. The van der Waals surface area contributed by atoms with E-state index in [-0.39, 0.29) is 5.91 Å². The summed E-state index contributed by atoms with van der Waals surface area (Å²) in [6.07, 6.45) is 3.43. The van der Waals surface area contributed by atoms with Crippen LogP contribution in [0.1, 0.15) is 29.8 Å². The Balaban J connectivity index is 2.33. The molecule has 0 fully saturated rings. The molecule has 0 radical (unpaired) electrons. The standard InChI is InChI=1S/C17H20N2O3/c1-17(2,12-7-6-10-18-11-12)19-16(20)15-13(21-3)8-5-9-14(15)22-4/h5-11H,1-4H3,(H,19,20). The molecule has 0 bridgehead atoms. The van der Waals surface area contributed by atoms with Crippen molar-refractivity contribution in [2.75, 3.05) is 14.2 Å². The van der Waals surface area contributed by atoms with Gasteiger partial charge in [0, 0.05) is 12.4 Å². The van der Waals surface area contributed by atoms with Crippen molar-refractivity contribution in [2.45, 2.75) is 19.4 Å². The maximum absolute atomic E-state index is 12.7. The van der Waals surface area contributed by atoms with E-state index in [4.69, 9.17) is 9.47 Å². The van der Waals surface area contributed by atoms with E-state index in [9.17, 15) is 4.79 Å². The summed E-state index contributed by atoms with van der Waals surface area (Å²) in [5.74, 6) is 0.681. The fraction of sp³-hybridized carbons (Fsp3) is 0.294. The number of nitrogens with one attached hydrogen (secondary N) is 1. The number of ether oxygens (including phenoxy) is 2. The van der Waals surface area contributed by atoms with Gasteiger partial charge < -0.3 is 14.8 Å². The van der Waals surface area contributed by atoms with Crippen LogP contribution in [0.2, 0.25) is 0 Å². The molecule has 1 aromatic heterocycles. The number of nitrogens with zero attached hydrogens (tertiary/aromatic N) is 1. The van der Waals surface area contributed by atoms with E-state index in [0.717, 1.165) is 5.56 Å². The van der Waals surface area contributed by atoms with Gasteiger partial charge in [-0.25, -0.2) is 0 Å². The van der Waals surface area contributed by atoms with Gasteiger partial charge in [0.25, 0.3) is 5.91 Å². The van der Waals surface area contributed by atoms with Gasteiger partial charge in [-0.15, -0.1) is 0 Å². The van der Waals surface area contributed by atoms with Crippen LogP contribution in [0, 0.1) is 0 Å². The summed E-state index contributed by atoms with van der Waals surface area (Å²) >= 11 is 0. The second-order valence-corrected chi connectivity index (χ2v) is 5.36. The largest absolute Gasteiger partial charge is 0.496 e. The molecule has 22 heavy (non-hydrogen) atoms. The van der Waals surface area contributed by atoms with Crippen LogP contribution in [-0.2, 0) is 5.54 Å². The molecule has 1 aromatic carbocycles. The fourth-order valence-electron chi connectivity index (χ4n) is 2.23. The molecule has 0 atom stereocenters. The van der Waals surface area contributed by atoms with Crippen LogP contribution in [0.3, 0.4) is 0 Å². The Morgan fingerprint density at radius 1 is 1.09 bits per heavy atom. The van der Waals surface area contributed by atoms with E-state index >= 15 is 0 Å².